The Labute approximate surface area is 92.4 Å². The molecule has 0 aliphatic rings. The summed E-state index contributed by atoms with van der Waals surface area (Å²) in [7, 11) is 0. The van der Waals surface area contributed by atoms with E-state index in [2.05, 4.69) is 32.0 Å². The lowest BCUT2D eigenvalue weighted by Crippen LogP contribution is -2.05. The fourth-order valence-electron chi connectivity index (χ4n) is 1.71. The van der Waals surface area contributed by atoms with Crippen LogP contribution in [0.3, 0.4) is 0 Å². The molecule has 0 saturated heterocycles. The average molecular weight is 207 g/mol. The smallest absolute Gasteiger partial charge is 0.122 e. The van der Waals surface area contributed by atoms with Crippen LogP contribution >= 0.6 is 0 Å². The van der Waals surface area contributed by atoms with Gasteiger partial charge in [0.05, 0.1) is 6.61 Å². The predicted octanol–water partition coefficient (Wildman–Crippen LogP) is 2.85. The van der Waals surface area contributed by atoms with Crippen LogP contribution in [0, 0.1) is 6.92 Å². The maximum absolute atomic E-state index is 5.56. The third kappa shape index (κ3) is 3.24. The van der Waals surface area contributed by atoms with Crippen molar-refractivity contribution in [3.8, 4) is 5.75 Å². The molecule has 0 spiro atoms. The first-order chi connectivity index (χ1) is 7.19. The Bertz CT molecular complexity index is 309. The van der Waals surface area contributed by atoms with E-state index in [1.807, 2.05) is 6.92 Å². The molecule has 0 bridgehead atoms. The van der Waals surface area contributed by atoms with Crippen molar-refractivity contribution in [1.82, 2.24) is 0 Å². The van der Waals surface area contributed by atoms with Gasteiger partial charge in [-0.2, -0.15) is 0 Å². The summed E-state index contributed by atoms with van der Waals surface area (Å²) < 4.78 is 5.51. The number of nitrogens with two attached hydrogens (primary N) is 1. The Balaban J connectivity index is 2.81. The van der Waals surface area contributed by atoms with Crippen LogP contribution < -0.4 is 10.5 Å². The van der Waals surface area contributed by atoms with Crippen LogP contribution in [-0.4, -0.2) is 13.2 Å². The number of hydrogen-bond acceptors (Lipinski definition) is 2. The van der Waals surface area contributed by atoms with Crippen molar-refractivity contribution in [2.45, 2.75) is 33.1 Å². The Morgan fingerprint density at radius 3 is 2.67 bits per heavy atom. The third-order valence-corrected chi connectivity index (χ3v) is 2.67. The first-order valence-corrected chi connectivity index (χ1v) is 5.62. The molecule has 1 aromatic rings. The number of benzene rings is 1. The van der Waals surface area contributed by atoms with Crippen LogP contribution in [0.5, 0.6) is 5.75 Å². The third-order valence-electron chi connectivity index (χ3n) is 2.67. The minimum atomic E-state index is 0.532. The Hall–Kier alpha value is -1.02. The van der Waals surface area contributed by atoms with Gasteiger partial charge in [-0.25, -0.2) is 0 Å². The second kappa shape index (κ2) is 5.76. The maximum Gasteiger partial charge on any atom is 0.122 e. The van der Waals surface area contributed by atoms with Crippen LogP contribution in [0.15, 0.2) is 18.2 Å². The van der Waals surface area contributed by atoms with Gasteiger partial charge in [-0.15, -0.1) is 0 Å². The zero-order chi connectivity index (χ0) is 11.3. The van der Waals surface area contributed by atoms with E-state index in [4.69, 9.17) is 10.5 Å². The number of hydrogen-bond donors (Lipinski definition) is 1. The zero-order valence-electron chi connectivity index (χ0n) is 9.92. The molecule has 0 aromatic heterocycles. The fourth-order valence-corrected chi connectivity index (χ4v) is 1.71. The van der Waals surface area contributed by atoms with Crippen molar-refractivity contribution >= 4 is 0 Å². The summed E-state index contributed by atoms with van der Waals surface area (Å²) in [6, 6.07) is 6.39. The van der Waals surface area contributed by atoms with Gasteiger partial charge >= 0.3 is 0 Å². The number of ether oxygens (including phenoxy) is 1. The first kappa shape index (κ1) is 12.1. The van der Waals surface area contributed by atoms with Gasteiger partial charge in [-0.05, 0) is 49.9 Å². The molecule has 1 rings (SSSR count). The largest absolute Gasteiger partial charge is 0.494 e. The van der Waals surface area contributed by atoms with E-state index in [1.54, 1.807) is 0 Å². The summed E-state index contributed by atoms with van der Waals surface area (Å²) in [5.74, 6) is 1.52. The van der Waals surface area contributed by atoms with Crippen LogP contribution in [0.25, 0.3) is 0 Å². The summed E-state index contributed by atoms with van der Waals surface area (Å²) in [6.45, 7) is 7.77. The lowest BCUT2D eigenvalue weighted by atomic mass is 9.96. The highest BCUT2D eigenvalue weighted by atomic mass is 16.5. The molecule has 1 aromatic carbocycles. The van der Waals surface area contributed by atoms with Crippen LogP contribution in [-0.2, 0) is 0 Å². The van der Waals surface area contributed by atoms with Gasteiger partial charge in [0, 0.05) is 0 Å². The maximum atomic E-state index is 5.56. The molecule has 2 nitrogen and oxygen atoms in total. The minimum absolute atomic E-state index is 0.532. The molecule has 84 valence electrons. The van der Waals surface area contributed by atoms with Crippen molar-refractivity contribution in [2.24, 2.45) is 5.73 Å². The van der Waals surface area contributed by atoms with E-state index >= 15 is 0 Å². The van der Waals surface area contributed by atoms with Crippen molar-refractivity contribution in [2.75, 3.05) is 13.2 Å². The molecule has 1 atom stereocenters. The highest BCUT2D eigenvalue weighted by molar-refractivity contribution is 5.37. The molecule has 1 unspecified atom stereocenters. The summed E-state index contributed by atoms with van der Waals surface area (Å²) in [6.07, 6.45) is 1.04. The molecule has 0 saturated carbocycles. The van der Waals surface area contributed by atoms with Gasteiger partial charge in [-0.1, -0.05) is 19.1 Å². The topological polar surface area (TPSA) is 35.2 Å². The van der Waals surface area contributed by atoms with E-state index in [1.165, 1.54) is 11.1 Å². The Kier molecular flexibility index (Phi) is 4.63. The van der Waals surface area contributed by atoms with E-state index < -0.39 is 0 Å². The SMILES string of the molecule is CCOc1ccc(C(C)CCN)cc1C. The molecule has 0 aliphatic heterocycles. The van der Waals surface area contributed by atoms with Gasteiger partial charge in [0.1, 0.15) is 5.75 Å². The number of rotatable bonds is 5. The summed E-state index contributed by atoms with van der Waals surface area (Å²) in [5, 5.41) is 0. The lowest BCUT2D eigenvalue weighted by molar-refractivity contribution is 0.337. The summed E-state index contributed by atoms with van der Waals surface area (Å²) in [4.78, 5) is 0. The van der Waals surface area contributed by atoms with Gasteiger partial charge < -0.3 is 10.5 Å². The van der Waals surface area contributed by atoms with Crippen LogP contribution in [0.4, 0.5) is 0 Å². The standard InChI is InChI=1S/C13H21NO/c1-4-15-13-6-5-12(9-11(13)3)10(2)7-8-14/h5-6,9-10H,4,7-8,14H2,1-3H3. The van der Waals surface area contributed by atoms with Crippen molar-refractivity contribution in [1.29, 1.82) is 0 Å². The summed E-state index contributed by atoms with van der Waals surface area (Å²) >= 11 is 0. The molecule has 0 aliphatic carbocycles. The normalized spacial score (nSPS) is 12.5. The minimum Gasteiger partial charge on any atom is -0.494 e. The molecule has 0 radical (unpaired) electrons. The van der Waals surface area contributed by atoms with Gasteiger partial charge in [0.2, 0.25) is 0 Å². The highest BCUT2D eigenvalue weighted by Crippen LogP contribution is 2.25. The molecule has 0 fully saturated rings. The molecule has 2 N–H and O–H groups in total. The van der Waals surface area contributed by atoms with Crippen molar-refractivity contribution in [3.05, 3.63) is 29.3 Å². The van der Waals surface area contributed by atoms with E-state index in [0.717, 1.165) is 25.3 Å². The first-order valence-electron chi connectivity index (χ1n) is 5.62. The molecule has 2 heteroatoms. The number of aryl methyl sites for hydroxylation is 1. The molecular formula is C13H21NO. The van der Waals surface area contributed by atoms with E-state index in [9.17, 15) is 0 Å². The molecule has 0 amide bonds. The highest BCUT2D eigenvalue weighted by Gasteiger charge is 2.06. The van der Waals surface area contributed by atoms with Gasteiger partial charge in [0.15, 0.2) is 0 Å². The Morgan fingerprint density at radius 1 is 1.40 bits per heavy atom. The zero-order valence-corrected chi connectivity index (χ0v) is 9.92. The quantitative estimate of drug-likeness (QED) is 0.805. The van der Waals surface area contributed by atoms with Crippen molar-refractivity contribution < 1.29 is 4.74 Å². The fraction of sp³-hybridized carbons (Fsp3) is 0.538. The molecular weight excluding hydrogens is 186 g/mol. The van der Waals surface area contributed by atoms with E-state index in [-0.39, 0.29) is 0 Å². The predicted molar refractivity (Wildman–Crippen MR) is 64.4 cm³/mol. The lowest BCUT2D eigenvalue weighted by Gasteiger charge is -2.13. The van der Waals surface area contributed by atoms with Gasteiger partial charge in [0.25, 0.3) is 0 Å². The van der Waals surface area contributed by atoms with Crippen LogP contribution in [0.2, 0.25) is 0 Å². The average Bonchev–Trinajstić information content (AvgIpc) is 2.21. The monoisotopic (exact) mass is 207 g/mol. The Morgan fingerprint density at radius 2 is 2.13 bits per heavy atom. The van der Waals surface area contributed by atoms with Gasteiger partial charge in [-0.3, -0.25) is 0 Å². The van der Waals surface area contributed by atoms with Crippen LogP contribution in [0.1, 0.15) is 37.3 Å². The molecule has 0 heterocycles. The van der Waals surface area contributed by atoms with Crippen molar-refractivity contribution in [3.63, 3.8) is 0 Å². The summed E-state index contributed by atoms with van der Waals surface area (Å²) in [5.41, 5.74) is 8.11. The second-order valence-corrected chi connectivity index (χ2v) is 3.94. The van der Waals surface area contributed by atoms with E-state index in [0.29, 0.717) is 5.92 Å². The molecule has 15 heavy (non-hydrogen) atoms. The second-order valence-electron chi connectivity index (χ2n) is 3.94.